The van der Waals surface area contributed by atoms with Crippen LogP contribution in [0.2, 0.25) is 0 Å². The van der Waals surface area contributed by atoms with Crippen LogP contribution in [-0.4, -0.2) is 34.3 Å². The molecule has 1 unspecified atom stereocenters. The largest absolute Gasteiger partial charge is 0.479 e. The zero-order chi connectivity index (χ0) is 16.7. The average Bonchev–Trinajstić information content (AvgIpc) is 2.42. The first kappa shape index (κ1) is 17.2. The smallest absolute Gasteiger partial charge is 0.337 e. The third kappa shape index (κ3) is 3.27. The minimum atomic E-state index is -1.56. The Morgan fingerprint density at radius 2 is 1.82 bits per heavy atom. The fourth-order valence-corrected chi connectivity index (χ4v) is 3.47. The predicted octanol–water partition coefficient (Wildman–Crippen LogP) is 3.21. The molecule has 2 rings (SSSR count). The van der Waals surface area contributed by atoms with Crippen molar-refractivity contribution >= 4 is 27.6 Å². The van der Waals surface area contributed by atoms with E-state index in [9.17, 15) is 15.0 Å². The van der Waals surface area contributed by atoms with Gasteiger partial charge in [-0.2, -0.15) is 0 Å². The van der Waals surface area contributed by atoms with E-state index in [0.717, 1.165) is 41.8 Å². The first-order chi connectivity index (χ1) is 10.1. The van der Waals surface area contributed by atoms with Gasteiger partial charge in [0.25, 0.3) is 0 Å². The number of aliphatic carboxylic acids is 1. The molecule has 22 heavy (non-hydrogen) atoms. The van der Waals surface area contributed by atoms with E-state index in [1.807, 2.05) is 6.92 Å². The molecule has 0 saturated carbocycles. The maximum absolute atomic E-state index is 11.3. The third-order valence-corrected chi connectivity index (χ3v) is 5.40. The molecule has 0 aliphatic carbocycles. The van der Waals surface area contributed by atoms with Crippen molar-refractivity contribution in [3.05, 3.63) is 21.4 Å². The first-order valence-electron chi connectivity index (χ1n) is 7.46. The standard InChI is InChI=1S/C16H23BrN2O3/c1-9-11(14(20)15(21)22)13(12(17)10(2)18-9)19-7-5-16(3,4)6-8-19/h14,20H,5-8H2,1-4H3,(H,21,22). The molecule has 6 heteroatoms. The molecule has 1 aliphatic heterocycles. The minimum absolute atomic E-state index is 0.297. The van der Waals surface area contributed by atoms with Gasteiger partial charge in [-0.15, -0.1) is 0 Å². The number of rotatable bonds is 3. The Bertz CT molecular complexity index is 592. The molecule has 0 bridgehead atoms. The number of piperidine rings is 1. The molecule has 0 radical (unpaired) electrons. The number of halogens is 1. The summed E-state index contributed by atoms with van der Waals surface area (Å²) in [6, 6.07) is 0. The normalized spacial score (nSPS) is 19.1. The van der Waals surface area contributed by atoms with Crippen LogP contribution in [-0.2, 0) is 4.79 Å². The van der Waals surface area contributed by atoms with Gasteiger partial charge in [-0.1, -0.05) is 13.8 Å². The van der Waals surface area contributed by atoms with Gasteiger partial charge in [-0.05, 0) is 48.0 Å². The molecular weight excluding hydrogens is 348 g/mol. The fourth-order valence-electron chi connectivity index (χ4n) is 2.92. The fraction of sp³-hybridized carbons (Fsp3) is 0.625. The molecule has 1 fully saturated rings. The van der Waals surface area contributed by atoms with Crippen molar-refractivity contribution in [1.82, 2.24) is 4.98 Å². The third-order valence-electron chi connectivity index (χ3n) is 4.45. The molecule has 0 spiro atoms. The van der Waals surface area contributed by atoms with Gasteiger partial charge < -0.3 is 15.1 Å². The van der Waals surface area contributed by atoms with Crippen LogP contribution >= 0.6 is 15.9 Å². The van der Waals surface area contributed by atoms with Crippen molar-refractivity contribution in [3.8, 4) is 0 Å². The number of carboxylic acids is 1. The Hall–Kier alpha value is -1.14. The van der Waals surface area contributed by atoms with Crippen LogP contribution in [0.5, 0.6) is 0 Å². The highest BCUT2D eigenvalue weighted by Crippen LogP contribution is 2.41. The Labute approximate surface area is 139 Å². The van der Waals surface area contributed by atoms with Crippen molar-refractivity contribution in [2.75, 3.05) is 18.0 Å². The number of hydrogen-bond acceptors (Lipinski definition) is 4. The number of anilines is 1. The summed E-state index contributed by atoms with van der Waals surface area (Å²) in [6.45, 7) is 9.80. The topological polar surface area (TPSA) is 73.7 Å². The quantitative estimate of drug-likeness (QED) is 0.854. The number of aliphatic hydroxyl groups is 1. The molecule has 0 amide bonds. The molecule has 5 nitrogen and oxygen atoms in total. The molecule has 1 aromatic heterocycles. The zero-order valence-corrected chi connectivity index (χ0v) is 15.1. The zero-order valence-electron chi connectivity index (χ0n) is 13.5. The second-order valence-corrected chi connectivity index (χ2v) is 7.54. The summed E-state index contributed by atoms with van der Waals surface area (Å²) in [5.41, 5.74) is 2.83. The maximum Gasteiger partial charge on any atom is 0.337 e. The van der Waals surface area contributed by atoms with Crippen molar-refractivity contribution < 1.29 is 15.0 Å². The molecule has 122 valence electrons. The number of aromatic nitrogens is 1. The van der Waals surface area contributed by atoms with Crippen molar-refractivity contribution in [1.29, 1.82) is 0 Å². The number of aliphatic hydroxyl groups excluding tert-OH is 1. The molecule has 1 atom stereocenters. The van der Waals surface area contributed by atoms with Crippen LogP contribution in [0.1, 0.15) is 49.7 Å². The highest BCUT2D eigenvalue weighted by atomic mass is 79.9. The highest BCUT2D eigenvalue weighted by molar-refractivity contribution is 9.10. The number of nitrogens with zero attached hydrogens (tertiary/aromatic N) is 2. The van der Waals surface area contributed by atoms with Crippen LogP contribution in [0.25, 0.3) is 0 Å². The van der Waals surface area contributed by atoms with Gasteiger partial charge in [0.05, 0.1) is 15.9 Å². The van der Waals surface area contributed by atoms with E-state index in [0.29, 0.717) is 16.7 Å². The highest BCUT2D eigenvalue weighted by Gasteiger charge is 2.32. The summed E-state index contributed by atoms with van der Waals surface area (Å²) in [4.78, 5) is 17.8. The molecule has 2 N–H and O–H groups in total. The van der Waals surface area contributed by atoms with Gasteiger partial charge in [-0.3, -0.25) is 4.98 Å². The maximum atomic E-state index is 11.3. The van der Waals surface area contributed by atoms with Gasteiger partial charge in [-0.25, -0.2) is 4.79 Å². The summed E-state index contributed by atoms with van der Waals surface area (Å²) >= 11 is 3.54. The number of carboxylic acid groups (broad SMARTS) is 1. The lowest BCUT2D eigenvalue weighted by Crippen LogP contribution is -2.38. The van der Waals surface area contributed by atoms with E-state index in [4.69, 9.17) is 0 Å². The van der Waals surface area contributed by atoms with Gasteiger partial charge in [0.15, 0.2) is 6.10 Å². The number of pyridine rings is 1. The summed E-state index contributed by atoms with van der Waals surface area (Å²) in [6.07, 6.45) is 0.500. The SMILES string of the molecule is Cc1nc(C)c(C(O)C(=O)O)c(N2CCC(C)(C)CC2)c1Br. The molecular formula is C16H23BrN2O3. The van der Waals surface area contributed by atoms with Gasteiger partial charge in [0, 0.05) is 24.3 Å². The predicted molar refractivity (Wildman–Crippen MR) is 89.2 cm³/mol. The van der Waals surface area contributed by atoms with Gasteiger partial charge in [0.2, 0.25) is 0 Å². The molecule has 2 heterocycles. The lowest BCUT2D eigenvalue weighted by atomic mass is 9.82. The number of aryl methyl sites for hydroxylation is 2. The molecule has 1 saturated heterocycles. The van der Waals surface area contributed by atoms with Crippen LogP contribution in [0, 0.1) is 19.3 Å². The van der Waals surface area contributed by atoms with Crippen LogP contribution in [0.15, 0.2) is 4.47 Å². The van der Waals surface area contributed by atoms with E-state index in [2.05, 4.69) is 39.7 Å². The minimum Gasteiger partial charge on any atom is -0.479 e. The average molecular weight is 371 g/mol. The monoisotopic (exact) mass is 370 g/mol. The van der Waals surface area contributed by atoms with E-state index in [1.165, 1.54) is 0 Å². The van der Waals surface area contributed by atoms with Crippen molar-refractivity contribution in [3.63, 3.8) is 0 Å². The molecule has 1 aromatic rings. The van der Waals surface area contributed by atoms with Crippen LogP contribution in [0.4, 0.5) is 5.69 Å². The lowest BCUT2D eigenvalue weighted by molar-refractivity contribution is -0.147. The number of carbonyl (C=O) groups is 1. The molecule has 1 aliphatic rings. The first-order valence-corrected chi connectivity index (χ1v) is 8.26. The lowest BCUT2D eigenvalue weighted by Gasteiger charge is -2.40. The van der Waals surface area contributed by atoms with Gasteiger partial charge >= 0.3 is 5.97 Å². The summed E-state index contributed by atoms with van der Waals surface area (Å²) in [7, 11) is 0. The second kappa shape index (κ2) is 6.16. The van der Waals surface area contributed by atoms with Crippen LogP contribution < -0.4 is 4.90 Å². The Kier molecular flexibility index (Phi) is 4.82. The Balaban J connectivity index is 2.51. The van der Waals surface area contributed by atoms with E-state index >= 15 is 0 Å². The van der Waals surface area contributed by atoms with E-state index in [-0.39, 0.29) is 0 Å². The number of hydrogen-bond donors (Lipinski definition) is 2. The van der Waals surface area contributed by atoms with Crippen molar-refractivity contribution in [2.24, 2.45) is 5.41 Å². The second-order valence-electron chi connectivity index (χ2n) is 6.75. The molecule has 0 aromatic carbocycles. The summed E-state index contributed by atoms with van der Waals surface area (Å²) < 4.78 is 0.771. The van der Waals surface area contributed by atoms with Crippen LogP contribution in [0.3, 0.4) is 0 Å². The summed E-state index contributed by atoms with van der Waals surface area (Å²) in [5, 5.41) is 19.3. The van der Waals surface area contributed by atoms with Crippen molar-refractivity contribution in [2.45, 2.75) is 46.6 Å². The van der Waals surface area contributed by atoms with E-state index in [1.54, 1.807) is 6.92 Å². The summed E-state index contributed by atoms with van der Waals surface area (Å²) in [5.74, 6) is -1.25. The van der Waals surface area contributed by atoms with E-state index < -0.39 is 12.1 Å². The Morgan fingerprint density at radius 3 is 2.32 bits per heavy atom. The van der Waals surface area contributed by atoms with Gasteiger partial charge in [0.1, 0.15) is 0 Å². The Morgan fingerprint density at radius 1 is 1.27 bits per heavy atom.